The van der Waals surface area contributed by atoms with Gasteiger partial charge in [0.05, 0.1) is 17.8 Å². The van der Waals surface area contributed by atoms with E-state index in [0.29, 0.717) is 18.7 Å². The molecule has 0 aliphatic heterocycles. The average molecular weight is 412 g/mol. The van der Waals surface area contributed by atoms with Gasteiger partial charge in [-0.2, -0.15) is 0 Å². The summed E-state index contributed by atoms with van der Waals surface area (Å²) in [5.74, 6) is -0.921. The van der Waals surface area contributed by atoms with Crippen LogP contribution in [0, 0.1) is 0 Å². The van der Waals surface area contributed by atoms with Crippen molar-refractivity contribution in [2.24, 2.45) is 5.16 Å². The smallest absolute Gasteiger partial charge is 0.336 e. The maximum absolute atomic E-state index is 11.4. The van der Waals surface area contributed by atoms with Crippen LogP contribution in [0.2, 0.25) is 0 Å². The third-order valence-electron chi connectivity index (χ3n) is 5.30. The van der Waals surface area contributed by atoms with Crippen molar-refractivity contribution >= 4 is 22.6 Å². The van der Waals surface area contributed by atoms with Crippen LogP contribution in [0.15, 0.2) is 90.2 Å². The molecule has 0 unspecified atom stereocenters. The zero-order chi connectivity index (χ0) is 21.6. The van der Waals surface area contributed by atoms with E-state index in [4.69, 9.17) is 4.84 Å². The lowest BCUT2D eigenvalue weighted by atomic mass is 10.0. The second kappa shape index (κ2) is 9.30. The van der Waals surface area contributed by atoms with Gasteiger partial charge in [0.1, 0.15) is 6.61 Å². The maximum Gasteiger partial charge on any atom is 0.336 e. The fourth-order valence-corrected chi connectivity index (χ4v) is 3.67. The zero-order valence-electron chi connectivity index (χ0n) is 17.4. The number of hydrogen-bond donors (Lipinski definition) is 1. The van der Waals surface area contributed by atoms with E-state index in [1.807, 2.05) is 41.1 Å². The molecular weight excluding hydrogens is 388 g/mol. The number of hydrogen-bond acceptors (Lipinski definition) is 3. The minimum absolute atomic E-state index is 0.308. The number of carbonyl (C=O) groups is 1. The summed E-state index contributed by atoms with van der Waals surface area (Å²) >= 11 is 0. The highest BCUT2D eigenvalue weighted by Gasteiger charge is 2.10. The molecule has 0 bridgehead atoms. The van der Waals surface area contributed by atoms with Crippen LogP contribution in [0.1, 0.15) is 29.3 Å². The maximum atomic E-state index is 11.4. The molecule has 4 aromatic rings. The Balaban J connectivity index is 1.42. The average Bonchev–Trinajstić information content (AvgIpc) is 3.23. The predicted molar refractivity (Wildman–Crippen MR) is 124 cm³/mol. The Bertz CT molecular complexity index is 1210. The molecule has 1 N–H and O–H groups in total. The van der Waals surface area contributed by atoms with Crippen LogP contribution >= 0.6 is 0 Å². The van der Waals surface area contributed by atoms with Gasteiger partial charge in [0.25, 0.3) is 0 Å². The van der Waals surface area contributed by atoms with E-state index in [2.05, 4.69) is 48.5 Å². The van der Waals surface area contributed by atoms with E-state index in [1.165, 1.54) is 11.1 Å². The predicted octanol–water partition coefficient (Wildman–Crippen LogP) is 5.84. The molecule has 31 heavy (non-hydrogen) atoms. The van der Waals surface area contributed by atoms with E-state index >= 15 is 0 Å². The number of aromatic nitrogens is 1. The Hall–Kier alpha value is -3.86. The first-order valence-electron chi connectivity index (χ1n) is 10.3. The largest absolute Gasteiger partial charge is 0.478 e. The fourth-order valence-electron chi connectivity index (χ4n) is 3.67. The molecule has 0 amide bonds. The number of benzene rings is 3. The Labute approximate surface area is 181 Å². The van der Waals surface area contributed by atoms with Gasteiger partial charge >= 0.3 is 5.97 Å². The Morgan fingerprint density at radius 3 is 2.39 bits per heavy atom. The monoisotopic (exact) mass is 412 g/mol. The van der Waals surface area contributed by atoms with Crippen molar-refractivity contribution in [2.45, 2.75) is 19.9 Å². The summed E-state index contributed by atoms with van der Waals surface area (Å²) in [6.45, 7) is 3.03. The second-order valence-corrected chi connectivity index (χ2v) is 7.22. The van der Waals surface area contributed by atoms with Crippen molar-refractivity contribution in [1.82, 2.24) is 4.57 Å². The van der Waals surface area contributed by atoms with E-state index in [9.17, 15) is 9.90 Å². The van der Waals surface area contributed by atoms with Crippen LogP contribution in [0.3, 0.4) is 0 Å². The zero-order valence-corrected chi connectivity index (χ0v) is 17.4. The molecule has 0 aliphatic carbocycles. The summed E-state index contributed by atoms with van der Waals surface area (Å²) in [6.07, 6.45) is 2.65. The molecule has 0 aliphatic rings. The van der Waals surface area contributed by atoms with Crippen molar-refractivity contribution < 1.29 is 14.7 Å². The molecule has 156 valence electrons. The summed E-state index contributed by atoms with van der Waals surface area (Å²) < 4.78 is 1.98. The first-order chi connectivity index (χ1) is 15.2. The molecule has 5 heteroatoms. The molecule has 1 heterocycles. The summed E-state index contributed by atoms with van der Waals surface area (Å²) in [5, 5.41) is 14.4. The molecule has 4 rings (SSSR count). The number of oxime groups is 1. The molecule has 0 atom stereocenters. The number of aromatic carboxylic acids is 1. The van der Waals surface area contributed by atoms with Crippen LogP contribution in [0.4, 0.5) is 0 Å². The van der Waals surface area contributed by atoms with Gasteiger partial charge in [0.2, 0.25) is 0 Å². The van der Waals surface area contributed by atoms with Crippen molar-refractivity contribution in [3.8, 4) is 11.1 Å². The van der Waals surface area contributed by atoms with Crippen LogP contribution in [-0.2, 0) is 11.4 Å². The Kier molecular flexibility index (Phi) is 6.13. The van der Waals surface area contributed by atoms with Crippen LogP contribution in [0.25, 0.3) is 22.0 Å². The molecular formula is C26H24N2O3. The minimum Gasteiger partial charge on any atom is -0.478 e. The molecule has 0 fully saturated rings. The normalized spacial score (nSPS) is 11.6. The lowest BCUT2D eigenvalue weighted by molar-refractivity contribution is 0.0699. The molecule has 0 radical (unpaired) electrons. The van der Waals surface area contributed by atoms with E-state index in [0.717, 1.165) is 28.6 Å². The van der Waals surface area contributed by atoms with Crippen LogP contribution in [-0.4, -0.2) is 28.0 Å². The Morgan fingerprint density at radius 2 is 1.68 bits per heavy atom. The van der Waals surface area contributed by atoms with Crippen molar-refractivity contribution in [1.29, 1.82) is 0 Å². The van der Waals surface area contributed by atoms with Gasteiger partial charge in [0.15, 0.2) is 0 Å². The van der Waals surface area contributed by atoms with Crippen molar-refractivity contribution in [3.05, 3.63) is 96.2 Å². The SMILES string of the molecule is CC/C(=N\OCCn1ccc2c(C(=O)O)cccc21)c1ccc(-c2ccccc2)cc1. The molecule has 0 spiro atoms. The molecule has 1 aromatic heterocycles. The number of carboxylic acid groups (broad SMARTS) is 1. The topological polar surface area (TPSA) is 63.8 Å². The first-order valence-corrected chi connectivity index (χ1v) is 10.3. The highest BCUT2D eigenvalue weighted by molar-refractivity contribution is 6.03. The van der Waals surface area contributed by atoms with Crippen molar-refractivity contribution in [3.63, 3.8) is 0 Å². The fraction of sp³-hybridized carbons (Fsp3) is 0.154. The second-order valence-electron chi connectivity index (χ2n) is 7.22. The molecule has 3 aromatic carbocycles. The van der Waals surface area contributed by atoms with Gasteiger partial charge in [-0.3, -0.25) is 0 Å². The van der Waals surface area contributed by atoms with Gasteiger partial charge in [-0.25, -0.2) is 4.79 Å². The third-order valence-corrected chi connectivity index (χ3v) is 5.30. The van der Waals surface area contributed by atoms with Gasteiger partial charge in [0, 0.05) is 17.1 Å². The first kappa shape index (κ1) is 20.4. The number of nitrogens with zero attached hydrogens (tertiary/aromatic N) is 2. The van der Waals surface area contributed by atoms with E-state index in [-0.39, 0.29) is 0 Å². The number of fused-ring (bicyclic) bond motifs is 1. The standard InChI is InChI=1S/C26H24N2O3/c1-2-24(21-13-11-20(12-14-21)19-7-4-3-5-8-19)27-31-18-17-28-16-15-22-23(26(29)30)9-6-10-25(22)28/h3-16H,2,17-18H2,1H3,(H,29,30)/b27-24+. The highest BCUT2D eigenvalue weighted by atomic mass is 16.6. The quantitative estimate of drug-likeness (QED) is 0.225. The number of rotatable bonds is 8. The van der Waals surface area contributed by atoms with E-state index < -0.39 is 5.97 Å². The number of carboxylic acids is 1. The van der Waals surface area contributed by atoms with Crippen molar-refractivity contribution in [2.75, 3.05) is 6.61 Å². The van der Waals surface area contributed by atoms with Gasteiger partial charge < -0.3 is 14.5 Å². The summed E-state index contributed by atoms with van der Waals surface area (Å²) in [5.41, 5.74) is 5.47. The van der Waals surface area contributed by atoms with Gasteiger partial charge in [-0.1, -0.05) is 72.7 Å². The minimum atomic E-state index is -0.921. The molecule has 5 nitrogen and oxygen atoms in total. The summed E-state index contributed by atoms with van der Waals surface area (Å²) in [7, 11) is 0. The van der Waals surface area contributed by atoms with Crippen LogP contribution in [0.5, 0.6) is 0 Å². The lowest BCUT2D eigenvalue weighted by Crippen LogP contribution is -2.06. The van der Waals surface area contributed by atoms with Gasteiger partial charge in [-0.05, 0) is 41.3 Å². The lowest BCUT2D eigenvalue weighted by Gasteiger charge is -2.08. The van der Waals surface area contributed by atoms with Crippen LogP contribution < -0.4 is 0 Å². The highest BCUT2D eigenvalue weighted by Crippen LogP contribution is 2.21. The third kappa shape index (κ3) is 4.51. The molecule has 0 saturated heterocycles. The van der Waals surface area contributed by atoms with Gasteiger partial charge in [-0.15, -0.1) is 0 Å². The Morgan fingerprint density at radius 1 is 0.935 bits per heavy atom. The van der Waals surface area contributed by atoms with E-state index in [1.54, 1.807) is 12.1 Å². The molecule has 0 saturated carbocycles. The summed E-state index contributed by atoms with van der Waals surface area (Å²) in [6, 6.07) is 25.7. The summed E-state index contributed by atoms with van der Waals surface area (Å²) in [4.78, 5) is 17.0.